The van der Waals surface area contributed by atoms with Crippen molar-refractivity contribution in [3.63, 3.8) is 0 Å². The molecule has 15 heavy (non-hydrogen) atoms. The molecule has 1 aromatic rings. The van der Waals surface area contributed by atoms with Crippen molar-refractivity contribution < 1.29 is 13.2 Å². The van der Waals surface area contributed by atoms with Crippen LogP contribution in [-0.4, -0.2) is 16.0 Å². The van der Waals surface area contributed by atoms with Crippen LogP contribution < -0.4 is 5.73 Å². The Kier molecular flexibility index (Phi) is 3.73. The van der Waals surface area contributed by atoms with Gasteiger partial charge >= 0.3 is 6.18 Å². The van der Waals surface area contributed by atoms with Gasteiger partial charge < -0.3 is 5.73 Å². The van der Waals surface area contributed by atoms with Crippen LogP contribution in [0.5, 0.6) is 0 Å². The average Bonchev–Trinajstić information content (AvgIpc) is 2.49. The van der Waals surface area contributed by atoms with Crippen molar-refractivity contribution in [1.82, 2.24) is 9.78 Å². The lowest BCUT2D eigenvalue weighted by molar-refractivity contribution is -0.135. The lowest BCUT2D eigenvalue weighted by Crippen LogP contribution is -2.12. The third-order valence-electron chi connectivity index (χ3n) is 2.13. The molecule has 6 heteroatoms. The highest BCUT2D eigenvalue weighted by Crippen LogP contribution is 2.25. The van der Waals surface area contributed by atoms with Crippen LogP contribution in [0.2, 0.25) is 0 Å². The zero-order valence-corrected chi connectivity index (χ0v) is 8.46. The van der Waals surface area contributed by atoms with Crippen molar-refractivity contribution in [2.24, 2.45) is 12.8 Å². The molecule has 86 valence electrons. The Morgan fingerprint density at radius 1 is 1.53 bits per heavy atom. The van der Waals surface area contributed by atoms with Crippen LogP contribution >= 0.6 is 0 Å². The molecule has 2 N–H and O–H groups in total. The van der Waals surface area contributed by atoms with Crippen molar-refractivity contribution in [2.75, 3.05) is 0 Å². The molecule has 3 nitrogen and oxygen atoms in total. The molecule has 1 unspecified atom stereocenters. The lowest BCUT2D eigenvalue weighted by atomic mass is 10.1. The number of hydrogen-bond acceptors (Lipinski definition) is 2. The third-order valence-corrected chi connectivity index (χ3v) is 2.13. The first-order valence-corrected chi connectivity index (χ1v) is 4.69. The Morgan fingerprint density at radius 2 is 2.20 bits per heavy atom. The fourth-order valence-electron chi connectivity index (χ4n) is 1.32. The summed E-state index contributed by atoms with van der Waals surface area (Å²) in [7, 11) is 1.74. The fourth-order valence-corrected chi connectivity index (χ4v) is 1.32. The minimum Gasteiger partial charge on any atom is -0.324 e. The highest BCUT2D eigenvalue weighted by atomic mass is 19.4. The topological polar surface area (TPSA) is 43.8 Å². The van der Waals surface area contributed by atoms with Gasteiger partial charge in [-0.05, 0) is 12.8 Å². The molecule has 0 saturated carbocycles. The van der Waals surface area contributed by atoms with E-state index in [1.54, 1.807) is 24.1 Å². The van der Waals surface area contributed by atoms with E-state index in [1.807, 2.05) is 0 Å². The second-order valence-electron chi connectivity index (χ2n) is 3.56. The number of aryl methyl sites for hydroxylation is 1. The van der Waals surface area contributed by atoms with Crippen molar-refractivity contribution in [2.45, 2.75) is 31.5 Å². The number of hydrogen-bond donors (Lipinski definition) is 1. The molecule has 1 atom stereocenters. The predicted octanol–water partition coefficient (Wildman–Crippen LogP) is 2.15. The first-order chi connectivity index (χ1) is 6.88. The summed E-state index contributed by atoms with van der Waals surface area (Å²) in [6, 6.07) is -0.360. The Labute approximate surface area is 86.1 Å². The summed E-state index contributed by atoms with van der Waals surface area (Å²) >= 11 is 0. The lowest BCUT2D eigenvalue weighted by Gasteiger charge is -2.10. The summed E-state index contributed by atoms with van der Waals surface area (Å²) in [5.74, 6) is 0. The number of nitrogens with zero attached hydrogens (tertiary/aromatic N) is 2. The van der Waals surface area contributed by atoms with Crippen molar-refractivity contribution in [3.05, 3.63) is 18.0 Å². The molecule has 0 saturated heterocycles. The van der Waals surface area contributed by atoms with Crippen LogP contribution in [0, 0.1) is 0 Å². The molecule has 1 heterocycles. The number of aromatic nitrogens is 2. The summed E-state index contributed by atoms with van der Waals surface area (Å²) in [6.45, 7) is 0. The molecular formula is C9H14F3N3. The van der Waals surface area contributed by atoms with Gasteiger partial charge in [-0.15, -0.1) is 0 Å². The summed E-state index contributed by atoms with van der Waals surface area (Å²) in [6.07, 6.45) is -1.18. The molecular weight excluding hydrogens is 207 g/mol. The SMILES string of the molecule is Cn1cc(C(N)CCCC(F)(F)F)cn1. The third kappa shape index (κ3) is 4.33. The first kappa shape index (κ1) is 12.0. The molecule has 0 fully saturated rings. The Bertz CT molecular complexity index is 306. The first-order valence-electron chi connectivity index (χ1n) is 4.69. The van der Waals surface area contributed by atoms with E-state index in [2.05, 4.69) is 5.10 Å². The van der Waals surface area contributed by atoms with Crippen molar-refractivity contribution in [3.8, 4) is 0 Å². The van der Waals surface area contributed by atoms with E-state index in [9.17, 15) is 13.2 Å². The Morgan fingerprint density at radius 3 is 2.67 bits per heavy atom. The van der Waals surface area contributed by atoms with E-state index in [0.717, 1.165) is 5.56 Å². The number of alkyl halides is 3. The van der Waals surface area contributed by atoms with Gasteiger partial charge in [0.05, 0.1) is 6.20 Å². The maximum atomic E-state index is 11.9. The van der Waals surface area contributed by atoms with Gasteiger partial charge in [-0.2, -0.15) is 18.3 Å². The van der Waals surface area contributed by atoms with Gasteiger partial charge in [0, 0.05) is 31.3 Å². The van der Waals surface area contributed by atoms with Crippen LogP contribution in [0.15, 0.2) is 12.4 Å². The second-order valence-corrected chi connectivity index (χ2v) is 3.56. The van der Waals surface area contributed by atoms with Crippen LogP contribution in [0.25, 0.3) is 0 Å². The summed E-state index contributed by atoms with van der Waals surface area (Å²) < 4.78 is 37.1. The number of nitrogens with two attached hydrogens (primary N) is 1. The van der Waals surface area contributed by atoms with E-state index in [0.29, 0.717) is 6.42 Å². The molecule has 0 amide bonds. The Hall–Kier alpha value is -1.04. The van der Waals surface area contributed by atoms with Gasteiger partial charge in [-0.1, -0.05) is 0 Å². The second kappa shape index (κ2) is 4.65. The molecule has 1 aromatic heterocycles. The minimum absolute atomic E-state index is 0.0551. The highest BCUT2D eigenvalue weighted by molar-refractivity contribution is 5.08. The summed E-state index contributed by atoms with van der Waals surface area (Å²) in [4.78, 5) is 0. The summed E-state index contributed by atoms with van der Waals surface area (Å²) in [5, 5.41) is 3.91. The van der Waals surface area contributed by atoms with Gasteiger partial charge in [0.1, 0.15) is 0 Å². The normalized spacial score (nSPS) is 14.2. The fraction of sp³-hybridized carbons (Fsp3) is 0.667. The van der Waals surface area contributed by atoms with Crippen LogP contribution in [-0.2, 0) is 7.05 Å². The van der Waals surface area contributed by atoms with Crippen LogP contribution in [0.1, 0.15) is 30.9 Å². The molecule has 0 aliphatic heterocycles. The van der Waals surface area contributed by atoms with E-state index >= 15 is 0 Å². The van der Waals surface area contributed by atoms with Crippen molar-refractivity contribution in [1.29, 1.82) is 0 Å². The van der Waals surface area contributed by atoms with Crippen LogP contribution in [0.4, 0.5) is 13.2 Å². The molecule has 0 spiro atoms. The van der Waals surface area contributed by atoms with E-state index in [1.165, 1.54) is 0 Å². The minimum atomic E-state index is -4.09. The number of halogens is 3. The smallest absolute Gasteiger partial charge is 0.324 e. The largest absolute Gasteiger partial charge is 0.389 e. The molecule has 0 aromatic carbocycles. The van der Waals surface area contributed by atoms with E-state index in [-0.39, 0.29) is 12.5 Å². The zero-order chi connectivity index (χ0) is 11.5. The van der Waals surface area contributed by atoms with E-state index < -0.39 is 12.6 Å². The zero-order valence-electron chi connectivity index (χ0n) is 8.46. The number of rotatable bonds is 4. The molecule has 1 rings (SSSR count). The Balaban J connectivity index is 2.34. The van der Waals surface area contributed by atoms with Crippen LogP contribution in [0.3, 0.4) is 0 Å². The molecule has 0 radical (unpaired) electrons. The maximum absolute atomic E-state index is 11.9. The summed E-state index contributed by atoms with van der Waals surface area (Å²) in [5.41, 5.74) is 6.49. The van der Waals surface area contributed by atoms with Gasteiger partial charge in [-0.25, -0.2) is 0 Å². The van der Waals surface area contributed by atoms with Gasteiger partial charge in [0.2, 0.25) is 0 Å². The highest BCUT2D eigenvalue weighted by Gasteiger charge is 2.26. The quantitative estimate of drug-likeness (QED) is 0.846. The van der Waals surface area contributed by atoms with Gasteiger partial charge in [0.15, 0.2) is 0 Å². The monoisotopic (exact) mass is 221 g/mol. The average molecular weight is 221 g/mol. The van der Waals surface area contributed by atoms with Gasteiger partial charge in [0.25, 0.3) is 0 Å². The molecule has 0 aliphatic rings. The van der Waals surface area contributed by atoms with Gasteiger partial charge in [-0.3, -0.25) is 4.68 Å². The standard InChI is InChI=1S/C9H14F3N3/c1-15-6-7(5-14-15)8(13)3-2-4-9(10,11)12/h5-6,8H,2-4,13H2,1H3. The maximum Gasteiger partial charge on any atom is 0.389 e. The predicted molar refractivity (Wildman–Crippen MR) is 50.0 cm³/mol. The van der Waals surface area contributed by atoms with E-state index in [4.69, 9.17) is 5.73 Å². The van der Waals surface area contributed by atoms with Crippen molar-refractivity contribution >= 4 is 0 Å². The molecule has 0 aliphatic carbocycles. The molecule has 0 bridgehead atoms.